The van der Waals surface area contributed by atoms with Crippen molar-refractivity contribution in [3.63, 3.8) is 0 Å². The van der Waals surface area contributed by atoms with Gasteiger partial charge in [-0.25, -0.2) is 4.79 Å². The summed E-state index contributed by atoms with van der Waals surface area (Å²) in [5.41, 5.74) is 0. The second-order valence-electron chi connectivity index (χ2n) is 5.94. The van der Waals surface area contributed by atoms with E-state index in [4.69, 9.17) is 18.9 Å². The second-order valence-corrected chi connectivity index (χ2v) is 5.94. The molecule has 24 heavy (non-hydrogen) atoms. The zero-order valence-corrected chi connectivity index (χ0v) is 13.8. The number of hydrogen-bond donors (Lipinski definition) is 1. The van der Waals surface area contributed by atoms with Crippen molar-refractivity contribution in [1.29, 1.82) is 0 Å². The van der Waals surface area contributed by atoms with Crippen LogP contribution >= 0.6 is 0 Å². The minimum Gasteiger partial charge on any atom is -0.459 e. The lowest BCUT2D eigenvalue weighted by atomic mass is 10.00. The van der Waals surface area contributed by atoms with Crippen molar-refractivity contribution in [1.82, 2.24) is 0 Å². The van der Waals surface area contributed by atoms with Gasteiger partial charge in [0.2, 0.25) is 0 Å². The van der Waals surface area contributed by atoms with E-state index >= 15 is 0 Å². The maximum Gasteiger partial charge on any atom is 0.330 e. The quantitative estimate of drug-likeness (QED) is 0.398. The molecule has 8 nitrogen and oxygen atoms in total. The summed E-state index contributed by atoms with van der Waals surface area (Å²) in [7, 11) is 0. The van der Waals surface area contributed by atoms with Crippen molar-refractivity contribution in [2.75, 3.05) is 0 Å². The third-order valence-corrected chi connectivity index (χ3v) is 3.86. The molecule has 0 aromatic heterocycles. The number of aliphatic hydroxyl groups excluding tert-OH is 1. The van der Waals surface area contributed by atoms with E-state index in [0.29, 0.717) is 6.42 Å². The molecule has 0 spiro atoms. The number of rotatable bonds is 7. The summed E-state index contributed by atoms with van der Waals surface area (Å²) >= 11 is 0. The molecule has 2 heterocycles. The topological polar surface area (TPSA) is 112 Å². The lowest BCUT2D eigenvalue weighted by molar-refractivity contribution is -0.166. The molecule has 0 bridgehead atoms. The first-order valence-electron chi connectivity index (χ1n) is 7.83. The van der Waals surface area contributed by atoms with Crippen molar-refractivity contribution in [2.24, 2.45) is 0 Å². The molecule has 1 fully saturated rings. The Bertz CT molecular complexity index is 528. The molecule has 134 valence electrons. The number of ether oxygens (including phenoxy) is 4. The zero-order chi connectivity index (χ0) is 17.9. The van der Waals surface area contributed by atoms with Crippen molar-refractivity contribution < 1.29 is 38.4 Å². The van der Waals surface area contributed by atoms with Crippen LogP contribution in [0.1, 0.15) is 33.6 Å². The molecule has 1 N–H and O–H groups in total. The minimum atomic E-state index is -0.943. The maximum absolute atomic E-state index is 11.2. The van der Waals surface area contributed by atoms with Crippen LogP contribution in [-0.4, -0.2) is 59.6 Å². The fourth-order valence-electron chi connectivity index (χ4n) is 2.74. The molecule has 0 aromatic rings. The molecule has 8 heteroatoms. The molecule has 0 radical (unpaired) electrons. The van der Waals surface area contributed by atoms with Gasteiger partial charge in [0, 0.05) is 32.8 Å². The third kappa shape index (κ3) is 5.04. The fourth-order valence-corrected chi connectivity index (χ4v) is 2.74. The van der Waals surface area contributed by atoms with E-state index in [0.717, 1.165) is 0 Å². The number of aliphatic hydroxyl groups is 1. The normalized spacial score (nSPS) is 29.2. The number of esters is 3. The molecule has 0 aliphatic carbocycles. The monoisotopic (exact) mass is 342 g/mol. The third-order valence-electron chi connectivity index (χ3n) is 3.86. The molecule has 1 saturated heterocycles. The lowest BCUT2D eigenvalue weighted by Gasteiger charge is -2.25. The summed E-state index contributed by atoms with van der Waals surface area (Å²) in [5.74, 6) is -1.47. The van der Waals surface area contributed by atoms with Crippen LogP contribution in [0.4, 0.5) is 0 Å². The Morgan fingerprint density at radius 2 is 2.00 bits per heavy atom. The molecule has 0 aromatic carbocycles. The first-order valence-corrected chi connectivity index (χ1v) is 7.83. The summed E-state index contributed by atoms with van der Waals surface area (Å²) in [5, 5.41) is 10.3. The van der Waals surface area contributed by atoms with Crippen LogP contribution < -0.4 is 0 Å². The van der Waals surface area contributed by atoms with Crippen LogP contribution in [0.5, 0.6) is 0 Å². The average Bonchev–Trinajstić information content (AvgIpc) is 3.25. The van der Waals surface area contributed by atoms with Gasteiger partial charge in [0.25, 0.3) is 0 Å². The van der Waals surface area contributed by atoms with Gasteiger partial charge in [-0.15, -0.1) is 0 Å². The molecular weight excluding hydrogens is 320 g/mol. The minimum absolute atomic E-state index is 0.0473. The SMILES string of the molecule is CC(=O)OC(C)C(CC(O)C1OC1C1CC=CC(=O)O1)OC(C)=O. The second kappa shape index (κ2) is 7.76. The Kier molecular flexibility index (Phi) is 5.95. The molecule has 0 saturated carbocycles. The van der Waals surface area contributed by atoms with Gasteiger partial charge in [0.15, 0.2) is 0 Å². The van der Waals surface area contributed by atoms with Crippen LogP contribution in [0.3, 0.4) is 0 Å². The molecule has 0 amide bonds. The lowest BCUT2D eigenvalue weighted by Crippen LogP contribution is -2.37. The summed E-state index contributed by atoms with van der Waals surface area (Å²) in [6.45, 7) is 4.08. The Morgan fingerprint density at radius 1 is 1.33 bits per heavy atom. The first-order chi connectivity index (χ1) is 11.3. The van der Waals surface area contributed by atoms with Crippen LogP contribution in [0, 0.1) is 0 Å². The largest absolute Gasteiger partial charge is 0.459 e. The van der Waals surface area contributed by atoms with Crippen molar-refractivity contribution >= 4 is 17.9 Å². The Balaban J connectivity index is 1.89. The number of epoxide rings is 1. The highest BCUT2D eigenvalue weighted by molar-refractivity contribution is 5.82. The Hall–Kier alpha value is -1.93. The highest BCUT2D eigenvalue weighted by Crippen LogP contribution is 2.35. The smallest absolute Gasteiger partial charge is 0.330 e. The molecule has 2 rings (SSSR count). The van der Waals surface area contributed by atoms with Crippen LogP contribution in [-0.2, 0) is 33.3 Å². The highest BCUT2D eigenvalue weighted by Gasteiger charge is 2.51. The van der Waals surface area contributed by atoms with Crippen LogP contribution in [0.25, 0.3) is 0 Å². The fraction of sp³-hybridized carbons (Fsp3) is 0.688. The van der Waals surface area contributed by atoms with Crippen LogP contribution in [0.15, 0.2) is 12.2 Å². The van der Waals surface area contributed by atoms with E-state index in [1.807, 2.05) is 0 Å². The number of hydrogen-bond acceptors (Lipinski definition) is 8. The molecule has 2 aliphatic rings. The van der Waals surface area contributed by atoms with E-state index < -0.39 is 54.5 Å². The molecule has 6 atom stereocenters. The maximum atomic E-state index is 11.2. The van der Waals surface area contributed by atoms with E-state index in [-0.39, 0.29) is 6.42 Å². The van der Waals surface area contributed by atoms with Crippen molar-refractivity contribution in [3.8, 4) is 0 Å². The van der Waals surface area contributed by atoms with Crippen molar-refractivity contribution in [2.45, 2.75) is 70.2 Å². The Morgan fingerprint density at radius 3 is 2.58 bits per heavy atom. The predicted molar refractivity (Wildman–Crippen MR) is 79.7 cm³/mol. The highest BCUT2D eigenvalue weighted by atomic mass is 16.6. The summed E-state index contributed by atoms with van der Waals surface area (Å²) in [4.78, 5) is 33.5. The predicted octanol–water partition coefficient (Wildman–Crippen LogP) is 0.260. The van der Waals surface area contributed by atoms with Gasteiger partial charge in [-0.1, -0.05) is 6.08 Å². The van der Waals surface area contributed by atoms with E-state index in [1.165, 1.54) is 19.9 Å². The van der Waals surface area contributed by atoms with Gasteiger partial charge in [0.1, 0.15) is 30.5 Å². The van der Waals surface area contributed by atoms with E-state index in [2.05, 4.69) is 0 Å². The van der Waals surface area contributed by atoms with Gasteiger partial charge in [-0.3, -0.25) is 9.59 Å². The standard InChI is InChI=1S/C16H22O8/c1-8(21-9(2)17)13(22-10(3)18)7-11(19)15-16(24-15)12-5-4-6-14(20)23-12/h4,6,8,11-13,15-16,19H,5,7H2,1-3H3. The Labute approximate surface area is 139 Å². The molecular formula is C16H22O8. The van der Waals surface area contributed by atoms with E-state index in [1.54, 1.807) is 13.0 Å². The first kappa shape index (κ1) is 18.4. The molecule has 2 aliphatic heterocycles. The van der Waals surface area contributed by atoms with Crippen LogP contribution in [0.2, 0.25) is 0 Å². The van der Waals surface area contributed by atoms with Gasteiger partial charge in [0.05, 0.1) is 6.10 Å². The van der Waals surface area contributed by atoms with Gasteiger partial charge in [-0.05, 0) is 6.92 Å². The number of carbonyl (C=O) groups is 3. The average molecular weight is 342 g/mol. The molecule has 6 unspecified atom stereocenters. The van der Waals surface area contributed by atoms with E-state index in [9.17, 15) is 19.5 Å². The summed E-state index contributed by atoms with van der Waals surface area (Å²) in [6.07, 6.45) is -0.153. The summed E-state index contributed by atoms with van der Waals surface area (Å²) < 4.78 is 20.7. The van der Waals surface area contributed by atoms with Gasteiger partial charge in [-0.2, -0.15) is 0 Å². The summed E-state index contributed by atoms with van der Waals surface area (Å²) in [6, 6.07) is 0. The zero-order valence-electron chi connectivity index (χ0n) is 13.8. The van der Waals surface area contributed by atoms with Crippen molar-refractivity contribution in [3.05, 3.63) is 12.2 Å². The van der Waals surface area contributed by atoms with Gasteiger partial charge < -0.3 is 24.1 Å². The number of cyclic esters (lactones) is 1. The number of carbonyl (C=O) groups excluding carboxylic acids is 3. The van der Waals surface area contributed by atoms with Gasteiger partial charge >= 0.3 is 17.9 Å².